The van der Waals surface area contributed by atoms with Crippen LogP contribution in [-0.2, 0) is 14.8 Å². The molecule has 1 aromatic carbocycles. The molecule has 148 valence electrons. The minimum absolute atomic E-state index is 0.0792. The highest BCUT2D eigenvalue weighted by molar-refractivity contribution is 7.89. The number of methoxy groups -OCH3 is 2. The van der Waals surface area contributed by atoms with Crippen LogP contribution < -0.4 is 9.47 Å². The zero-order valence-corrected chi connectivity index (χ0v) is 15.8. The Bertz CT molecular complexity index is 850. The molecule has 27 heavy (non-hydrogen) atoms. The molecule has 10 nitrogen and oxygen atoms in total. The number of benzene rings is 1. The summed E-state index contributed by atoms with van der Waals surface area (Å²) in [6, 6.07) is 3.57. The topological polar surface area (TPSA) is 119 Å². The van der Waals surface area contributed by atoms with E-state index in [9.17, 15) is 23.3 Å². The van der Waals surface area contributed by atoms with Gasteiger partial charge >= 0.3 is 0 Å². The highest BCUT2D eigenvalue weighted by Crippen LogP contribution is 2.35. The number of amides is 1. The Morgan fingerprint density at radius 2 is 1.78 bits per heavy atom. The molecule has 0 N–H and O–H groups in total. The quantitative estimate of drug-likeness (QED) is 0.495. The van der Waals surface area contributed by atoms with Crippen LogP contribution in [0.25, 0.3) is 0 Å². The van der Waals surface area contributed by atoms with E-state index in [1.165, 1.54) is 41.6 Å². The van der Waals surface area contributed by atoms with Crippen LogP contribution in [0.4, 0.5) is 0 Å². The second-order valence-corrected chi connectivity index (χ2v) is 8.38. The van der Waals surface area contributed by atoms with Gasteiger partial charge in [-0.05, 0) is 12.1 Å². The average Bonchev–Trinajstić information content (AvgIpc) is 3.48. The number of sulfonamides is 1. The molecule has 1 aromatic rings. The van der Waals surface area contributed by atoms with E-state index in [4.69, 9.17) is 9.47 Å². The number of piperazine rings is 1. The molecule has 11 heteroatoms. The van der Waals surface area contributed by atoms with Gasteiger partial charge in [-0.3, -0.25) is 14.9 Å². The molecule has 2 atom stereocenters. The van der Waals surface area contributed by atoms with E-state index in [0.717, 1.165) is 0 Å². The molecule has 2 unspecified atom stereocenters. The fourth-order valence-electron chi connectivity index (χ4n) is 3.19. The van der Waals surface area contributed by atoms with Gasteiger partial charge in [0.2, 0.25) is 22.0 Å². The van der Waals surface area contributed by atoms with Gasteiger partial charge in [-0.1, -0.05) is 0 Å². The first-order valence-electron chi connectivity index (χ1n) is 8.44. The monoisotopic (exact) mass is 399 g/mol. The Morgan fingerprint density at radius 1 is 1.15 bits per heavy atom. The number of nitro groups is 1. The SMILES string of the molecule is COc1ccc(S(=O)(=O)N2CCN(C(=O)C3CC3[N+](=O)[O-])CC2)cc1OC. The van der Waals surface area contributed by atoms with Crippen LogP contribution in [0, 0.1) is 16.0 Å². The summed E-state index contributed by atoms with van der Waals surface area (Å²) in [6.45, 7) is 0.703. The molecule has 3 rings (SSSR count). The molecule has 0 spiro atoms. The molecule has 1 saturated heterocycles. The predicted octanol–water partition coefficient (Wildman–Crippen LogP) is 0.202. The standard InChI is InChI=1S/C16H21N3O7S/c1-25-14-4-3-11(9-15(14)26-2)27(23,24)18-7-5-17(6-8-18)16(20)12-10-13(12)19(21)22/h3-4,9,12-13H,5-8,10H2,1-2H3. The van der Waals surface area contributed by atoms with Gasteiger partial charge in [0.05, 0.1) is 19.1 Å². The molecule has 1 amide bonds. The number of carbonyl (C=O) groups excluding carboxylic acids is 1. The number of hydrogen-bond donors (Lipinski definition) is 0. The lowest BCUT2D eigenvalue weighted by molar-refractivity contribution is -0.497. The Morgan fingerprint density at radius 3 is 2.30 bits per heavy atom. The van der Waals surface area contributed by atoms with Crippen molar-refractivity contribution >= 4 is 15.9 Å². The first kappa shape index (κ1) is 19.4. The van der Waals surface area contributed by atoms with Crippen molar-refractivity contribution < 1.29 is 27.6 Å². The summed E-state index contributed by atoms with van der Waals surface area (Å²) in [6.07, 6.45) is 0.260. The lowest BCUT2D eigenvalue weighted by atomic mass is 10.3. The lowest BCUT2D eigenvalue weighted by Gasteiger charge is -2.34. The Balaban J connectivity index is 1.66. The van der Waals surface area contributed by atoms with Crippen LogP contribution >= 0.6 is 0 Å². The Hall–Kier alpha value is -2.40. The molecule has 1 heterocycles. The summed E-state index contributed by atoms with van der Waals surface area (Å²) < 4.78 is 37.3. The van der Waals surface area contributed by atoms with Crippen LogP contribution in [0.5, 0.6) is 11.5 Å². The van der Waals surface area contributed by atoms with E-state index in [1.54, 1.807) is 0 Å². The maximum absolute atomic E-state index is 12.9. The van der Waals surface area contributed by atoms with Crippen molar-refractivity contribution in [1.82, 2.24) is 9.21 Å². The molecular weight excluding hydrogens is 378 g/mol. The van der Waals surface area contributed by atoms with Crippen molar-refractivity contribution in [3.05, 3.63) is 28.3 Å². The van der Waals surface area contributed by atoms with Gasteiger partial charge in [-0.2, -0.15) is 4.31 Å². The van der Waals surface area contributed by atoms with Crippen LogP contribution in [0.3, 0.4) is 0 Å². The van der Waals surface area contributed by atoms with Crippen LogP contribution in [-0.4, -0.2) is 74.9 Å². The number of carbonyl (C=O) groups is 1. The van der Waals surface area contributed by atoms with Gasteiger partial charge in [0.1, 0.15) is 5.92 Å². The number of nitrogens with zero attached hydrogens (tertiary/aromatic N) is 3. The summed E-state index contributed by atoms with van der Waals surface area (Å²) in [4.78, 5) is 24.2. The molecular formula is C16H21N3O7S. The van der Waals surface area contributed by atoms with Crippen molar-refractivity contribution in [3.63, 3.8) is 0 Å². The van der Waals surface area contributed by atoms with Crippen molar-refractivity contribution in [2.75, 3.05) is 40.4 Å². The third kappa shape index (κ3) is 3.69. The molecule has 0 bridgehead atoms. The molecule has 0 aromatic heterocycles. The summed E-state index contributed by atoms with van der Waals surface area (Å²) in [7, 11) is -0.857. The van der Waals surface area contributed by atoms with Crippen molar-refractivity contribution in [1.29, 1.82) is 0 Å². The Labute approximate surface area is 156 Å². The van der Waals surface area contributed by atoms with E-state index in [2.05, 4.69) is 0 Å². The molecule has 2 fully saturated rings. The van der Waals surface area contributed by atoms with Gasteiger partial charge in [-0.15, -0.1) is 0 Å². The smallest absolute Gasteiger partial charge is 0.243 e. The van der Waals surface area contributed by atoms with E-state index in [1.807, 2.05) is 0 Å². The van der Waals surface area contributed by atoms with Gasteiger partial charge in [0.25, 0.3) is 0 Å². The average molecular weight is 399 g/mol. The third-order valence-corrected chi connectivity index (χ3v) is 6.78. The van der Waals surface area contributed by atoms with E-state index in [-0.39, 0.29) is 43.4 Å². The number of hydrogen-bond acceptors (Lipinski definition) is 7. The highest BCUT2D eigenvalue weighted by atomic mass is 32.2. The van der Waals surface area contributed by atoms with Gasteiger partial charge in [-0.25, -0.2) is 8.42 Å². The minimum Gasteiger partial charge on any atom is -0.493 e. The van der Waals surface area contributed by atoms with Crippen LogP contribution in [0.15, 0.2) is 23.1 Å². The van der Waals surface area contributed by atoms with Crippen LogP contribution in [0.2, 0.25) is 0 Å². The maximum atomic E-state index is 12.9. The molecule has 2 aliphatic rings. The predicted molar refractivity (Wildman–Crippen MR) is 93.8 cm³/mol. The Kier molecular flexibility index (Phi) is 5.24. The zero-order valence-electron chi connectivity index (χ0n) is 15.0. The van der Waals surface area contributed by atoms with Gasteiger partial charge < -0.3 is 14.4 Å². The lowest BCUT2D eigenvalue weighted by Crippen LogP contribution is -2.51. The largest absolute Gasteiger partial charge is 0.493 e. The van der Waals surface area contributed by atoms with E-state index < -0.39 is 26.9 Å². The maximum Gasteiger partial charge on any atom is 0.243 e. The van der Waals surface area contributed by atoms with Crippen molar-refractivity contribution in [2.24, 2.45) is 5.92 Å². The normalized spacial score (nSPS) is 23.0. The zero-order chi connectivity index (χ0) is 19.8. The highest BCUT2D eigenvalue weighted by Gasteiger charge is 2.54. The third-order valence-electron chi connectivity index (χ3n) is 4.89. The second-order valence-electron chi connectivity index (χ2n) is 6.44. The van der Waals surface area contributed by atoms with E-state index in [0.29, 0.717) is 11.5 Å². The first-order valence-corrected chi connectivity index (χ1v) is 9.88. The first-order chi connectivity index (χ1) is 12.8. The fourth-order valence-corrected chi connectivity index (χ4v) is 4.63. The summed E-state index contributed by atoms with van der Waals surface area (Å²) in [5.74, 6) is -0.0996. The summed E-state index contributed by atoms with van der Waals surface area (Å²) >= 11 is 0. The van der Waals surface area contributed by atoms with Gasteiger partial charge in [0.15, 0.2) is 11.5 Å². The van der Waals surface area contributed by atoms with E-state index >= 15 is 0 Å². The van der Waals surface area contributed by atoms with Crippen molar-refractivity contribution in [3.8, 4) is 11.5 Å². The van der Waals surface area contributed by atoms with Gasteiger partial charge in [0, 0.05) is 43.6 Å². The molecule has 1 saturated carbocycles. The minimum atomic E-state index is -3.75. The summed E-state index contributed by atoms with van der Waals surface area (Å²) in [5, 5.41) is 10.7. The van der Waals surface area contributed by atoms with Crippen LogP contribution in [0.1, 0.15) is 6.42 Å². The van der Waals surface area contributed by atoms with Crippen molar-refractivity contribution in [2.45, 2.75) is 17.4 Å². The molecule has 1 aliphatic heterocycles. The molecule has 1 aliphatic carbocycles. The number of ether oxygens (including phenoxy) is 2. The fraction of sp³-hybridized carbons (Fsp3) is 0.562. The summed E-state index contributed by atoms with van der Waals surface area (Å²) in [5.41, 5.74) is 0. The number of rotatable bonds is 6. The second kappa shape index (κ2) is 7.31. The molecule has 0 radical (unpaired) electrons.